The summed E-state index contributed by atoms with van der Waals surface area (Å²) in [6.07, 6.45) is 4.39. The van der Waals surface area contributed by atoms with Crippen LogP contribution in [0.4, 0.5) is 5.00 Å². The Hall–Kier alpha value is -3.49. The minimum Gasteiger partial charge on any atom is -0.462 e. The van der Waals surface area contributed by atoms with Gasteiger partial charge in [0.15, 0.2) is 5.11 Å². The molecule has 0 saturated heterocycles. The predicted molar refractivity (Wildman–Crippen MR) is 136 cm³/mol. The molecule has 2 heterocycles. The van der Waals surface area contributed by atoms with Crippen LogP contribution in [-0.2, 0) is 17.7 Å². The van der Waals surface area contributed by atoms with Gasteiger partial charge >= 0.3 is 5.97 Å². The number of thiophene rings is 1. The smallest absolute Gasteiger partial charge is 0.341 e. The van der Waals surface area contributed by atoms with E-state index in [9.17, 15) is 4.79 Å². The SMILES string of the molecule is CCOC(=O)c1cc(Cc2ccccc2)sc1NC(=S)NCc1ccc(-n2cccn2)cc1. The number of aromatic nitrogens is 2. The lowest BCUT2D eigenvalue weighted by molar-refractivity contribution is 0.0528. The Labute approximate surface area is 202 Å². The van der Waals surface area contributed by atoms with Crippen molar-refractivity contribution in [1.29, 1.82) is 0 Å². The number of nitrogens with zero attached hydrogens (tertiary/aromatic N) is 2. The lowest BCUT2D eigenvalue weighted by atomic mass is 10.1. The maximum atomic E-state index is 12.5. The summed E-state index contributed by atoms with van der Waals surface area (Å²) in [6, 6.07) is 22.0. The summed E-state index contributed by atoms with van der Waals surface area (Å²) in [5, 5.41) is 11.8. The lowest BCUT2D eigenvalue weighted by Gasteiger charge is -2.11. The average Bonchev–Trinajstić information content (AvgIpc) is 3.49. The highest BCUT2D eigenvalue weighted by Gasteiger charge is 2.18. The molecule has 2 aromatic carbocycles. The molecule has 2 N–H and O–H groups in total. The van der Waals surface area contributed by atoms with Crippen molar-refractivity contribution in [1.82, 2.24) is 15.1 Å². The molecule has 0 unspecified atom stereocenters. The molecule has 2 aromatic heterocycles. The van der Waals surface area contributed by atoms with Crippen LogP contribution in [0, 0.1) is 0 Å². The molecule has 33 heavy (non-hydrogen) atoms. The highest BCUT2D eigenvalue weighted by Crippen LogP contribution is 2.30. The van der Waals surface area contributed by atoms with E-state index in [0.29, 0.717) is 28.8 Å². The zero-order valence-electron chi connectivity index (χ0n) is 18.2. The minimum absolute atomic E-state index is 0.319. The summed E-state index contributed by atoms with van der Waals surface area (Å²) >= 11 is 7.00. The van der Waals surface area contributed by atoms with Crippen molar-refractivity contribution in [3.8, 4) is 5.69 Å². The summed E-state index contributed by atoms with van der Waals surface area (Å²) < 4.78 is 7.05. The highest BCUT2D eigenvalue weighted by molar-refractivity contribution is 7.80. The Morgan fingerprint density at radius 2 is 1.88 bits per heavy atom. The molecular weight excluding hydrogens is 452 g/mol. The molecule has 168 valence electrons. The van der Waals surface area contributed by atoms with Gasteiger partial charge in [0.1, 0.15) is 5.00 Å². The first-order valence-corrected chi connectivity index (χ1v) is 11.8. The summed E-state index contributed by atoms with van der Waals surface area (Å²) in [4.78, 5) is 13.6. The van der Waals surface area contributed by atoms with Gasteiger partial charge in [0.05, 0.1) is 17.9 Å². The second kappa shape index (κ2) is 10.9. The van der Waals surface area contributed by atoms with Gasteiger partial charge in [-0.05, 0) is 54.5 Å². The summed E-state index contributed by atoms with van der Waals surface area (Å²) in [5.74, 6) is -0.354. The van der Waals surface area contributed by atoms with E-state index in [2.05, 4.69) is 27.9 Å². The number of hydrogen-bond donors (Lipinski definition) is 2. The standard InChI is InChI=1S/C25H24N4O2S2/c1-2-31-24(30)22-16-21(15-18-7-4-3-5-8-18)33-23(22)28-25(32)26-17-19-9-11-20(12-10-19)29-14-6-13-27-29/h3-14,16H,2,15,17H2,1H3,(H2,26,28,32). The number of carbonyl (C=O) groups excluding carboxylic acids is 1. The van der Waals surface area contributed by atoms with Gasteiger partial charge in [0, 0.05) is 30.2 Å². The fraction of sp³-hybridized carbons (Fsp3) is 0.160. The van der Waals surface area contributed by atoms with E-state index in [1.807, 2.05) is 65.5 Å². The molecule has 4 aromatic rings. The number of carbonyl (C=O) groups is 1. The molecule has 4 rings (SSSR count). The van der Waals surface area contributed by atoms with Gasteiger partial charge in [0.25, 0.3) is 0 Å². The molecular formula is C25H24N4O2S2. The normalized spacial score (nSPS) is 10.6. The van der Waals surface area contributed by atoms with Gasteiger partial charge in [-0.2, -0.15) is 5.10 Å². The first-order valence-electron chi connectivity index (χ1n) is 10.6. The van der Waals surface area contributed by atoms with Gasteiger partial charge in [-0.1, -0.05) is 42.5 Å². The maximum Gasteiger partial charge on any atom is 0.341 e. The van der Waals surface area contributed by atoms with Gasteiger partial charge in [-0.3, -0.25) is 0 Å². The number of ether oxygens (including phenoxy) is 1. The van der Waals surface area contributed by atoms with Crippen LogP contribution in [0.2, 0.25) is 0 Å². The average molecular weight is 477 g/mol. The Morgan fingerprint density at radius 1 is 1.09 bits per heavy atom. The van der Waals surface area contributed by atoms with E-state index in [-0.39, 0.29) is 5.97 Å². The van der Waals surface area contributed by atoms with Crippen molar-refractivity contribution in [2.24, 2.45) is 0 Å². The van der Waals surface area contributed by atoms with Crippen LogP contribution in [0.5, 0.6) is 0 Å². The Bertz CT molecular complexity index is 1200. The molecule has 0 atom stereocenters. The van der Waals surface area contributed by atoms with E-state index in [1.165, 1.54) is 16.9 Å². The number of hydrogen-bond acceptors (Lipinski definition) is 5. The van der Waals surface area contributed by atoms with Crippen molar-refractivity contribution in [2.45, 2.75) is 19.9 Å². The van der Waals surface area contributed by atoms with E-state index in [0.717, 1.165) is 22.5 Å². The first kappa shape index (κ1) is 22.7. The predicted octanol–water partition coefficient (Wildman–Crippen LogP) is 5.19. The molecule has 0 fully saturated rings. The molecule has 0 bridgehead atoms. The van der Waals surface area contributed by atoms with Crippen LogP contribution in [0.3, 0.4) is 0 Å². The third-order valence-electron chi connectivity index (χ3n) is 4.89. The van der Waals surface area contributed by atoms with Crippen LogP contribution in [0.25, 0.3) is 5.69 Å². The second-order valence-corrected chi connectivity index (χ2v) is 8.81. The molecule has 0 aliphatic carbocycles. The Balaban J connectivity index is 1.41. The van der Waals surface area contributed by atoms with Gasteiger partial charge in [0.2, 0.25) is 0 Å². The largest absolute Gasteiger partial charge is 0.462 e. The van der Waals surface area contributed by atoms with E-state index < -0.39 is 0 Å². The molecule has 0 amide bonds. The second-order valence-electron chi connectivity index (χ2n) is 7.26. The number of benzene rings is 2. The van der Waals surface area contributed by atoms with E-state index in [1.54, 1.807) is 13.1 Å². The molecule has 8 heteroatoms. The molecule has 0 saturated carbocycles. The monoisotopic (exact) mass is 476 g/mol. The zero-order chi connectivity index (χ0) is 23.0. The van der Waals surface area contributed by atoms with Crippen LogP contribution in [0.15, 0.2) is 79.1 Å². The topological polar surface area (TPSA) is 68.2 Å². The Morgan fingerprint density at radius 3 is 2.58 bits per heavy atom. The van der Waals surface area contributed by atoms with E-state index >= 15 is 0 Å². The van der Waals surface area contributed by atoms with Gasteiger partial charge < -0.3 is 15.4 Å². The number of nitrogens with one attached hydrogen (secondary N) is 2. The summed E-state index contributed by atoms with van der Waals surface area (Å²) in [6.45, 7) is 2.67. The summed E-state index contributed by atoms with van der Waals surface area (Å²) in [5.41, 5.74) is 3.75. The third-order valence-corrected chi connectivity index (χ3v) is 6.18. The van der Waals surface area contributed by atoms with Crippen molar-refractivity contribution in [2.75, 3.05) is 11.9 Å². The molecule has 0 aliphatic rings. The van der Waals surface area contributed by atoms with Gasteiger partial charge in [-0.25, -0.2) is 9.48 Å². The summed E-state index contributed by atoms with van der Waals surface area (Å²) in [7, 11) is 0. The molecule has 6 nitrogen and oxygen atoms in total. The molecule has 0 radical (unpaired) electrons. The number of esters is 1. The van der Waals surface area contributed by atoms with Crippen molar-refractivity contribution in [3.63, 3.8) is 0 Å². The van der Waals surface area contributed by atoms with Crippen LogP contribution in [-0.4, -0.2) is 27.5 Å². The zero-order valence-corrected chi connectivity index (χ0v) is 19.8. The molecule has 0 aliphatic heterocycles. The number of rotatable bonds is 8. The first-order chi connectivity index (χ1) is 16.1. The van der Waals surface area contributed by atoms with Crippen molar-refractivity contribution >= 4 is 39.6 Å². The van der Waals surface area contributed by atoms with Crippen molar-refractivity contribution in [3.05, 3.63) is 101 Å². The fourth-order valence-corrected chi connectivity index (χ4v) is 4.62. The van der Waals surface area contributed by atoms with Crippen LogP contribution >= 0.6 is 23.6 Å². The third kappa shape index (κ3) is 6.06. The van der Waals surface area contributed by atoms with E-state index in [4.69, 9.17) is 17.0 Å². The minimum atomic E-state index is -0.354. The van der Waals surface area contributed by atoms with Gasteiger partial charge in [-0.15, -0.1) is 11.3 Å². The quantitative estimate of drug-likeness (QED) is 0.270. The maximum absolute atomic E-state index is 12.5. The van der Waals surface area contributed by atoms with Crippen LogP contribution in [0.1, 0.15) is 33.3 Å². The fourth-order valence-electron chi connectivity index (χ4n) is 3.30. The number of anilines is 1. The van der Waals surface area contributed by atoms with Crippen molar-refractivity contribution < 1.29 is 9.53 Å². The highest BCUT2D eigenvalue weighted by atomic mass is 32.1. The Kier molecular flexibility index (Phi) is 7.49. The lowest BCUT2D eigenvalue weighted by Crippen LogP contribution is -2.28. The van der Waals surface area contributed by atoms with Crippen LogP contribution < -0.4 is 10.6 Å². The molecule has 0 spiro atoms. The number of thiocarbonyl (C=S) groups is 1.